The number of ether oxygens (including phenoxy) is 1. The Morgan fingerprint density at radius 1 is 1.50 bits per heavy atom. The number of hydrogen-bond donors (Lipinski definition) is 1. The van der Waals surface area contributed by atoms with E-state index in [4.69, 9.17) is 16.3 Å². The molecule has 2 unspecified atom stereocenters. The number of halogens is 3. The van der Waals surface area contributed by atoms with E-state index in [1.54, 1.807) is 13.8 Å². The number of alkyl halides is 1. The number of aliphatic hydroxyl groups excluding tert-OH is 1. The van der Waals surface area contributed by atoms with Crippen LogP contribution in [-0.4, -0.2) is 16.8 Å². The van der Waals surface area contributed by atoms with Gasteiger partial charge in [-0.2, -0.15) is 0 Å². The molecule has 88 valence electrons. The first-order valence-electron chi connectivity index (χ1n) is 4.83. The monoisotopic (exact) mass is 308 g/mol. The van der Waals surface area contributed by atoms with Gasteiger partial charge in [0.1, 0.15) is 23.3 Å². The molecule has 0 saturated heterocycles. The average Bonchev–Trinajstić information content (AvgIpc) is 2.18. The molecule has 1 N–H and O–H groups in total. The summed E-state index contributed by atoms with van der Waals surface area (Å²) in [5.74, 6) is -0.0102. The van der Waals surface area contributed by atoms with Crippen molar-refractivity contribution in [3.63, 3.8) is 0 Å². The smallest absolute Gasteiger partial charge is 0.142 e. The molecule has 0 aliphatic carbocycles. The number of aliphatic hydroxyl groups is 1. The number of hydrogen-bond acceptors (Lipinski definition) is 2. The third-order valence-electron chi connectivity index (χ3n) is 2.71. The molecule has 0 bridgehead atoms. The van der Waals surface area contributed by atoms with Crippen molar-refractivity contribution in [3.05, 3.63) is 28.5 Å². The second-order valence-corrected chi connectivity index (χ2v) is 5.75. The second-order valence-electron chi connectivity index (χ2n) is 4.36. The van der Waals surface area contributed by atoms with Crippen LogP contribution < -0.4 is 4.74 Å². The molecular weight excluding hydrogens is 298 g/mol. The van der Waals surface area contributed by atoms with Crippen LogP contribution in [0.25, 0.3) is 0 Å². The minimum atomic E-state index is -0.749. The van der Waals surface area contributed by atoms with E-state index in [1.807, 2.05) is 0 Å². The molecule has 5 heteroatoms. The molecule has 16 heavy (non-hydrogen) atoms. The fourth-order valence-corrected chi connectivity index (χ4v) is 2.86. The van der Waals surface area contributed by atoms with Crippen molar-refractivity contribution in [1.29, 1.82) is 0 Å². The summed E-state index contributed by atoms with van der Waals surface area (Å²) in [6, 6.07) is 2.73. The van der Waals surface area contributed by atoms with Crippen molar-refractivity contribution in [2.75, 3.05) is 0 Å². The van der Waals surface area contributed by atoms with E-state index in [-0.39, 0.29) is 9.85 Å². The molecule has 1 aromatic rings. The van der Waals surface area contributed by atoms with E-state index in [0.717, 1.165) is 0 Å². The molecule has 1 aromatic carbocycles. The van der Waals surface area contributed by atoms with E-state index in [2.05, 4.69) is 15.9 Å². The molecule has 1 aliphatic heterocycles. The van der Waals surface area contributed by atoms with Gasteiger partial charge in [0.25, 0.3) is 0 Å². The van der Waals surface area contributed by atoms with E-state index in [1.165, 1.54) is 12.1 Å². The van der Waals surface area contributed by atoms with Gasteiger partial charge in [-0.25, -0.2) is 4.39 Å². The molecule has 0 fully saturated rings. The summed E-state index contributed by atoms with van der Waals surface area (Å²) in [5, 5.41) is 10.0. The van der Waals surface area contributed by atoms with Gasteiger partial charge in [-0.3, -0.25) is 0 Å². The molecule has 0 aromatic heterocycles. The highest BCUT2D eigenvalue weighted by Crippen LogP contribution is 2.45. The lowest BCUT2D eigenvalue weighted by Crippen LogP contribution is -2.47. The van der Waals surface area contributed by atoms with Crippen LogP contribution in [0.2, 0.25) is 5.02 Å². The van der Waals surface area contributed by atoms with Crippen LogP contribution in [0.1, 0.15) is 24.2 Å². The lowest BCUT2D eigenvalue weighted by molar-refractivity contribution is -0.0419. The summed E-state index contributed by atoms with van der Waals surface area (Å²) in [5.41, 5.74) is -0.156. The summed E-state index contributed by atoms with van der Waals surface area (Å²) < 4.78 is 18.9. The molecule has 0 spiro atoms. The Hall–Kier alpha value is -0.320. The fourth-order valence-electron chi connectivity index (χ4n) is 1.71. The molecule has 2 nitrogen and oxygen atoms in total. The van der Waals surface area contributed by atoms with Gasteiger partial charge in [0.05, 0.1) is 9.85 Å². The van der Waals surface area contributed by atoms with Crippen molar-refractivity contribution < 1.29 is 14.2 Å². The largest absolute Gasteiger partial charge is 0.485 e. The second kappa shape index (κ2) is 3.86. The Bertz CT molecular complexity index is 436. The van der Waals surface area contributed by atoms with E-state index in [0.29, 0.717) is 11.3 Å². The van der Waals surface area contributed by atoms with Gasteiger partial charge in [0.2, 0.25) is 0 Å². The lowest BCUT2D eigenvalue weighted by atomic mass is 9.91. The van der Waals surface area contributed by atoms with Crippen LogP contribution in [0.4, 0.5) is 4.39 Å². The minimum Gasteiger partial charge on any atom is -0.485 e. The molecule has 0 saturated carbocycles. The molecular formula is C11H11BrClFO2. The van der Waals surface area contributed by atoms with Gasteiger partial charge in [0, 0.05) is 11.6 Å². The first-order chi connectivity index (χ1) is 7.33. The van der Waals surface area contributed by atoms with Crippen LogP contribution in [0, 0.1) is 5.82 Å². The predicted molar refractivity (Wildman–Crippen MR) is 63.8 cm³/mol. The van der Waals surface area contributed by atoms with Crippen molar-refractivity contribution in [1.82, 2.24) is 0 Å². The standard InChI is InChI=1S/C11H11BrClFO2/c1-11(2)10(15)9(12)5-3-7(14)6(13)4-8(5)16-11/h3-4,9-10,15H,1-2H3. The molecule has 0 radical (unpaired) electrons. The minimum absolute atomic E-state index is 0.0191. The van der Waals surface area contributed by atoms with Crippen LogP contribution in [0.5, 0.6) is 5.75 Å². The number of fused-ring (bicyclic) bond motifs is 1. The lowest BCUT2D eigenvalue weighted by Gasteiger charge is -2.40. The van der Waals surface area contributed by atoms with E-state index in [9.17, 15) is 9.50 Å². The van der Waals surface area contributed by atoms with E-state index < -0.39 is 17.5 Å². The average molecular weight is 310 g/mol. The van der Waals surface area contributed by atoms with Gasteiger partial charge < -0.3 is 9.84 Å². The van der Waals surface area contributed by atoms with Crippen molar-refractivity contribution >= 4 is 27.5 Å². The van der Waals surface area contributed by atoms with Gasteiger partial charge in [-0.05, 0) is 19.9 Å². The topological polar surface area (TPSA) is 29.5 Å². The molecule has 2 atom stereocenters. The van der Waals surface area contributed by atoms with Crippen LogP contribution in [0.3, 0.4) is 0 Å². The van der Waals surface area contributed by atoms with Crippen molar-refractivity contribution in [3.8, 4) is 5.75 Å². The SMILES string of the molecule is CC1(C)Oc2cc(Cl)c(F)cc2C(Br)C1O. The Balaban J connectivity index is 2.55. The zero-order valence-corrected chi connectivity index (χ0v) is 11.1. The quantitative estimate of drug-likeness (QED) is 0.744. The van der Waals surface area contributed by atoms with Crippen molar-refractivity contribution in [2.24, 2.45) is 0 Å². The molecule has 1 aliphatic rings. The predicted octanol–water partition coefficient (Wildman–Crippen LogP) is 3.45. The van der Waals surface area contributed by atoms with Gasteiger partial charge in [0.15, 0.2) is 0 Å². The Morgan fingerprint density at radius 3 is 2.75 bits per heavy atom. The van der Waals surface area contributed by atoms with Gasteiger partial charge in [-0.1, -0.05) is 27.5 Å². The third kappa shape index (κ3) is 1.83. The maximum atomic E-state index is 13.3. The Morgan fingerprint density at radius 2 is 2.12 bits per heavy atom. The summed E-state index contributed by atoms with van der Waals surface area (Å²) in [6.45, 7) is 3.54. The van der Waals surface area contributed by atoms with Crippen LogP contribution >= 0.6 is 27.5 Å². The van der Waals surface area contributed by atoms with Gasteiger partial charge in [-0.15, -0.1) is 0 Å². The maximum Gasteiger partial charge on any atom is 0.142 e. The Labute approximate surface area is 106 Å². The molecule has 0 amide bonds. The first kappa shape index (κ1) is 12.1. The highest BCUT2D eigenvalue weighted by molar-refractivity contribution is 9.09. The molecule has 1 heterocycles. The Kier molecular flexibility index (Phi) is 2.93. The fraction of sp³-hybridized carbons (Fsp3) is 0.455. The number of benzene rings is 1. The highest BCUT2D eigenvalue weighted by atomic mass is 79.9. The molecule has 2 rings (SSSR count). The zero-order chi connectivity index (χ0) is 12.1. The first-order valence-corrected chi connectivity index (χ1v) is 6.12. The summed E-state index contributed by atoms with van der Waals surface area (Å²) >= 11 is 9.04. The van der Waals surface area contributed by atoms with Crippen LogP contribution in [-0.2, 0) is 0 Å². The summed E-state index contributed by atoms with van der Waals surface area (Å²) in [7, 11) is 0. The third-order valence-corrected chi connectivity index (χ3v) is 4.00. The maximum absolute atomic E-state index is 13.3. The summed E-state index contributed by atoms with van der Waals surface area (Å²) in [4.78, 5) is -0.363. The zero-order valence-electron chi connectivity index (χ0n) is 8.80. The van der Waals surface area contributed by atoms with Gasteiger partial charge >= 0.3 is 0 Å². The highest BCUT2D eigenvalue weighted by Gasteiger charge is 2.42. The van der Waals surface area contributed by atoms with E-state index >= 15 is 0 Å². The number of rotatable bonds is 0. The normalized spacial score (nSPS) is 27.1. The van der Waals surface area contributed by atoms with Crippen molar-refractivity contribution in [2.45, 2.75) is 30.4 Å². The summed E-state index contributed by atoms with van der Waals surface area (Å²) in [6.07, 6.45) is -0.749. The van der Waals surface area contributed by atoms with Crippen LogP contribution in [0.15, 0.2) is 12.1 Å².